The van der Waals surface area contributed by atoms with Crippen molar-refractivity contribution in [3.8, 4) is 5.75 Å². The fourth-order valence-corrected chi connectivity index (χ4v) is 4.81. The van der Waals surface area contributed by atoms with Crippen LogP contribution >= 0.6 is 0 Å². The molecule has 2 fully saturated rings. The van der Waals surface area contributed by atoms with Crippen LogP contribution in [0, 0.1) is 5.92 Å². The van der Waals surface area contributed by atoms with Gasteiger partial charge in [0.15, 0.2) is 6.61 Å². The molecule has 0 radical (unpaired) electrons. The van der Waals surface area contributed by atoms with E-state index in [9.17, 15) is 9.59 Å². The highest BCUT2D eigenvalue weighted by Gasteiger charge is 2.35. The molecule has 1 heterocycles. The lowest BCUT2D eigenvalue weighted by molar-refractivity contribution is -0.139. The van der Waals surface area contributed by atoms with Gasteiger partial charge < -0.3 is 15.0 Å². The summed E-state index contributed by atoms with van der Waals surface area (Å²) in [5.41, 5.74) is 1.49. The van der Waals surface area contributed by atoms with Crippen molar-refractivity contribution in [1.29, 1.82) is 0 Å². The van der Waals surface area contributed by atoms with Gasteiger partial charge in [-0.3, -0.25) is 9.59 Å². The summed E-state index contributed by atoms with van der Waals surface area (Å²) in [5.74, 6) is 0.930. The highest BCUT2D eigenvalue weighted by Crippen LogP contribution is 2.35. The number of para-hydroxylation sites is 1. The number of piperidine rings is 1. The second-order valence-corrected chi connectivity index (χ2v) is 8.29. The average Bonchev–Trinajstić information content (AvgIpc) is 2.81. The zero-order valence-electron chi connectivity index (χ0n) is 17.4. The average molecular weight is 407 g/mol. The van der Waals surface area contributed by atoms with Crippen LogP contribution in [0.3, 0.4) is 0 Å². The number of likely N-dealkylation sites (tertiary alicyclic amines) is 1. The van der Waals surface area contributed by atoms with Crippen molar-refractivity contribution in [2.24, 2.45) is 5.92 Å². The zero-order chi connectivity index (χ0) is 20.8. The Hall–Kier alpha value is -2.82. The molecule has 0 aromatic heterocycles. The molecular weight excluding hydrogens is 376 g/mol. The first kappa shape index (κ1) is 20.5. The Labute approximate surface area is 178 Å². The minimum atomic E-state index is -0.202. The molecule has 0 unspecified atom stereocenters. The maximum absolute atomic E-state index is 12.9. The number of fused-ring (bicyclic) bond motifs is 1. The quantitative estimate of drug-likeness (QED) is 0.783. The van der Waals surface area contributed by atoms with Crippen molar-refractivity contribution >= 4 is 11.8 Å². The van der Waals surface area contributed by atoms with Gasteiger partial charge in [-0.05, 0) is 49.3 Å². The summed E-state index contributed by atoms with van der Waals surface area (Å²) in [7, 11) is 0. The fraction of sp³-hybridized carbons (Fsp3) is 0.440. The van der Waals surface area contributed by atoms with E-state index in [2.05, 4.69) is 5.32 Å². The molecule has 4 rings (SSSR count). The lowest BCUT2D eigenvalue weighted by Crippen LogP contribution is -2.51. The number of benzene rings is 2. The van der Waals surface area contributed by atoms with Crippen LogP contribution in [-0.4, -0.2) is 35.9 Å². The van der Waals surface area contributed by atoms with Crippen LogP contribution in [-0.2, 0) is 11.3 Å². The van der Waals surface area contributed by atoms with Gasteiger partial charge in [0, 0.05) is 19.1 Å². The molecule has 1 saturated heterocycles. The molecule has 1 saturated carbocycles. The second-order valence-electron chi connectivity index (χ2n) is 8.29. The number of carbonyl (C=O) groups is 2. The SMILES string of the molecule is O=C(NCc1ccccc1)c1ccccc1OCC(=O)N1CCC[C@H]2CCCC[C@H]21. The van der Waals surface area contributed by atoms with E-state index in [1.54, 1.807) is 12.1 Å². The predicted molar refractivity (Wildman–Crippen MR) is 116 cm³/mol. The van der Waals surface area contributed by atoms with E-state index in [4.69, 9.17) is 4.74 Å². The summed E-state index contributed by atoms with van der Waals surface area (Å²) >= 11 is 0. The molecular formula is C25H30N2O3. The Bertz CT molecular complexity index is 866. The lowest BCUT2D eigenvalue weighted by atomic mass is 9.78. The summed E-state index contributed by atoms with van der Waals surface area (Å²) in [5, 5.41) is 2.93. The normalized spacial score (nSPS) is 20.9. The van der Waals surface area contributed by atoms with Gasteiger partial charge >= 0.3 is 0 Å². The van der Waals surface area contributed by atoms with Crippen LogP contribution in [0.4, 0.5) is 0 Å². The van der Waals surface area contributed by atoms with Gasteiger partial charge in [-0.25, -0.2) is 0 Å². The second kappa shape index (κ2) is 9.79. The summed E-state index contributed by atoms with van der Waals surface area (Å²) in [6.45, 7) is 1.25. The number of carbonyl (C=O) groups excluding carboxylic acids is 2. The molecule has 2 aromatic rings. The Morgan fingerprint density at radius 2 is 1.67 bits per heavy atom. The van der Waals surface area contributed by atoms with E-state index in [-0.39, 0.29) is 18.4 Å². The monoisotopic (exact) mass is 406 g/mol. The van der Waals surface area contributed by atoms with Crippen LogP contribution in [0.25, 0.3) is 0 Å². The van der Waals surface area contributed by atoms with Crippen molar-refractivity contribution < 1.29 is 14.3 Å². The minimum Gasteiger partial charge on any atom is -0.483 e. The maximum atomic E-state index is 12.9. The van der Waals surface area contributed by atoms with Gasteiger partial charge in [0.2, 0.25) is 0 Å². The Morgan fingerprint density at radius 3 is 2.53 bits per heavy atom. The summed E-state index contributed by atoms with van der Waals surface area (Å²) in [6.07, 6.45) is 7.14. The van der Waals surface area contributed by atoms with Crippen molar-refractivity contribution in [3.63, 3.8) is 0 Å². The van der Waals surface area contributed by atoms with E-state index in [1.165, 1.54) is 25.7 Å². The largest absolute Gasteiger partial charge is 0.483 e. The van der Waals surface area contributed by atoms with Gasteiger partial charge in [0.1, 0.15) is 5.75 Å². The van der Waals surface area contributed by atoms with Crippen molar-refractivity contribution in [2.45, 2.75) is 51.1 Å². The highest BCUT2D eigenvalue weighted by molar-refractivity contribution is 5.97. The van der Waals surface area contributed by atoms with Gasteiger partial charge in [-0.1, -0.05) is 55.3 Å². The first-order valence-corrected chi connectivity index (χ1v) is 11.1. The number of hydrogen-bond donors (Lipinski definition) is 1. The van der Waals surface area contributed by atoms with E-state index in [0.29, 0.717) is 29.8 Å². The van der Waals surface area contributed by atoms with E-state index < -0.39 is 0 Å². The summed E-state index contributed by atoms with van der Waals surface area (Å²) in [4.78, 5) is 27.6. The van der Waals surface area contributed by atoms with Gasteiger partial charge in [0.25, 0.3) is 11.8 Å². The summed E-state index contributed by atoms with van der Waals surface area (Å²) in [6, 6.07) is 17.3. The third-order valence-electron chi connectivity index (χ3n) is 6.34. The molecule has 5 nitrogen and oxygen atoms in total. The first-order chi connectivity index (χ1) is 14.7. The predicted octanol–water partition coefficient (Wildman–Crippen LogP) is 4.18. The molecule has 30 heavy (non-hydrogen) atoms. The van der Waals surface area contributed by atoms with E-state index in [1.807, 2.05) is 47.4 Å². The van der Waals surface area contributed by atoms with Crippen LogP contribution in [0.15, 0.2) is 54.6 Å². The first-order valence-electron chi connectivity index (χ1n) is 11.1. The number of amides is 2. The molecule has 158 valence electrons. The number of nitrogens with one attached hydrogen (secondary N) is 1. The third-order valence-corrected chi connectivity index (χ3v) is 6.34. The fourth-order valence-electron chi connectivity index (χ4n) is 4.81. The molecule has 1 aliphatic heterocycles. The van der Waals surface area contributed by atoms with Crippen molar-refractivity contribution in [1.82, 2.24) is 10.2 Å². The number of hydrogen-bond acceptors (Lipinski definition) is 3. The molecule has 2 atom stereocenters. The van der Waals surface area contributed by atoms with Crippen molar-refractivity contribution in [3.05, 3.63) is 65.7 Å². The van der Waals surface area contributed by atoms with E-state index in [0.717, 1.165) is 24.9 Å². The van der Waals surface area contributed by atoms with Gasteiger partial charge in [-0.2, -0.15) is 0 Å². The molecule has 2 aromatic carbocycles. The number of rotatable bonds is 6. The van der Waals surface area contributed by atoms with Crippen LogP contribution in [0.1, 0.15) is 54.4 Å². The minimum absolute atomic E-state index is 0.0216. The highest BCUT2D eigenvalue weighted by atomic mass is 16.5. The smallest absolute Gasteiger partial charge is 0.260 e. The number of nitrogens with zero attached hydrogens (tertiary/aromatic N) is 1. The number of ether oxygens (including phenoxy) is 1. The molecule has 2 amide bonds. The molecule has 5 heteroatoms. The van der Waals surface area contributed by atoms with Gasteiger partial charge in [0.05, 0.1) is 5.56 Å². The molecule has 0 bridgehead atoms. The lowest BCUT2D eigenvalue weighted by Gasteiger charge is -2.44. The summed E-state index contributed by atoms with van der Waals surface area (Å²) < 4.78 is 5.85. The van der Waals surface area contributed by atoms with Crippen LogP contribution in [0.2, 0.25) is 0 Å². The molecule has 1 N–H and O–H groups in total. The Morgan fingerprint density at radius 1 is 0.933 bits per heavy atom. The Balaban J connectivity index is 1.36. The van der Waals surface area contributed by atoms with Crippen molar-refractivity contribution in [2.75, 3.05) is 13.2 Å². The Kier molecular flexibility index (Phi) is 6.67. The zero-order valence-corrected chi connectivity index (χ0v) is 17.4. The van der Waals surface area contributed by atoms with Crippen LogP contribution < -0.4 is 10.1 Å². The maximum Gasteiger partial charge on any atom is 0.260 e. The van der Waals surface area contributed by atoms with Gasteiger partial charge in [-0.15, -0.1) is 0 Å². The molecule has 1 aliphatic carbocycles. The molecule has 0 spiro atoms. The van der Waals surface area contributed by atoms with Crippen LogP contribution in [0.5, 0.6) is 5.75 Å². The standard InChI is InChI=1S/C25H30N2O3/c28-24(27-16-8-12-20-11-4-6-14-22(20)27)18-30-23-15-7-5-13-21(23)25(29)26-17-19-9-2-1-3-10-19/h1-3,5,7,9-10,13,15,20,22H,4,6,8,11-12,14,16-18H2,(H,26,29)/t20-,22-/m1/s1. The molecule has 2 aliphatic rings. The third kappa shape index (κ3) is 4.84. The van der Waals surface area contributed by atoms with E-state index >= 15 is 0 Å². The topological polar surface area (TPSA) is 58.6 Å².